The molecule has 6 heteroatoms. The molecule has 0 saturated carbocycles. The molecule has 2 rings (SSSR count). The second-order valence-corrected chi connectivity index (χ2v) is 4.04. The molecule has 0 amide bonds. The zero-order valence-electron chi connectivity index (χ0n) is 11.7. The standard InChI is InChI=1S/C12H10F4N2.C2H6/c1-7-3-4-8(9(13)5-7)11-17-10(6-18(11)2)12(14,15)16;1-2/h3-6H,1-2H3;1-2H3. The van der Waals surface area contributed by atoms with Crippen LogP contribution < -0.4 is 0 Å². The summed E-state index contributed by atoms with van der Waals surface area (Å²) in [5.74, 6) is -0.628. The Labute approximate surface area is 115 Å². The number of halogens is 4. The molecule has 1 heterocycles. The summed E-state index contributed by atoms with van der Waals surface area (Å²) in [5, 5.41) is 0. The van der Waals surface area contributed by atoms with Crippen LogP contribution in [0.4, 0.5) is 17.6 Å². The van der Waals surface area contributed by atoms with E-state index in [0.29, 0.717) is 5.56 Å². The lowest BCUT2D eigenvalue weighted by Crippen LogP contribution is -2.05. The predicted molar refractivity (Wildman–Crippen MR) is 69.7 cm³/mol. The van der Waals surface area contributed by atoms with E-state index in [-0.39, 0.29) is 11.4 Å². The lowest BCUT2D eigenvalue weighted by Gasteiger charge is -2.04. The first-order valence-electron chi connectivity index (χ1n) is 6.16. The van der Waals surface area contributed by atoms with Crippen LogP contribution in [0.5, 0.6) is 0 Å². The Balaban J connectivity index is 0.000000956. The quantitative estimate of drug-likeness (QED) is 0.702. The van der Waals surface area contributed by atoms with Crippen molar-refractivity contribution >= 4 is 0 Å². The summed E-state index contributed by atoms with van der Waals surface area (Å²) in [6, 6.07) is 4.31. The van der Waals surface area contributed by atoms with Crippen molar-refractivity contribution in [3.63, 3.8) is 0 Å². The Morgan fingerprint density at radius 1 is 1.15 bits per heavy atom. The molecule has 0 N–H and O–H groups in total. The van der Waals surface area contributed by atoms with E-state index >= 15 is 0 Å². The predicted octanol–water partition coefficient (Wildman–Crippen LogP) is 4.58. The number of rotatable bonds is 1. The highest BCUT2D eigenvalue weighted by molar-refractivity contribution is 5.57. The highest BCUT2D eigenvalue weighted by Gasteiger charge is 2.34. The second kappa shape index (κ2) is 6.07. The Kier molecular flexibility index (Phi) is 4.92. The van der Waals surface area contributed by atoms with Crippen molar-refractivity contribution in [3.05, 3.63) is 41.5 Å². The van der Waals surface area contributed by atoms with Crippen molar-refractivity contribution in [2.24, 2.45) is 7.05 Å². The van der Waals surface area contributed by atoms with E-state index in [1.54, 1.807) is 13.0 Å². The molecule has 0 bridgehead atoms. The molecule has 0 spiro atoms. The number of benzene rings is 1. The number of alkyl halides is 3. The lowest BCUT2D eigenvalue weighted by atomic mass is 10.1. The molecule has 0 atom stereocenters. The molecule has 0 aliphatic heterocycles. The zero-order valence-corrected chi connectivity index (χ0v) is 11.7. The second-order valence-electron chi connectivity index (χ2n) is 4.04. The topological polar surface area (TPSA) is 17.8 Å². The van der Waals surface area contributed by atoms with E-state index in [9.17, 15) is 17.6 Å². The van der Waals surface area contributed by atoms with Gasteiger partial charge in [-0.05, 0) is 24.6 Å². The van der Waals surface area contributed by atoms with Gasteiger partial charge in [0.25, 0.3) is 0 Å². The SMILES string of the molecule is CC.Cc1ccc(-c2nc(C(F)(F)F)cn2C)c(F)c1. The Bertz CT molecular complexity index is 585. The van der Waals surface area contributed by atoms with E-state index in [0.717, 1.165) is 10.8 Å². The third-order valence-corrected chi connectivity index (χ3v) is 2.53. The minimum Gasteiger partial charge on any atom is -0.333 e. The highest BCUT2D eigenvalue weighted by Crippen LogP contribution is 2.31. The van der Waals surface area contributed by atoms with Gasteiger partial charge in [-0.2, -0.15) is 13.2 Å². The van der Waals surface area contributed by atoms with Crippen molar-refractivity contribution in [2.45, 2.75) is 26.9 Å². The molecule has 1 aromatic carbocycles. The molecular formula is C14H16F4N2. The summed E-state index contributed by atoms with van der Waals surface area (Å²) >= 11 is 0. The summed E-state index contributed by atoms with van der Waals surface area (Å²) in [7, 11) is 1.40. The highest BCUT2D eigenvalue weighted by atomic mass is 19.4. The summed E-state index contributed by atoms with van der Waals surface area (Å²) in [4.78, 5) is 3.44. The molecule has 0 unspecified atom stereocenters. The van der Waals surface area contributed by atoms with Crippen LogP contribution in [0.1, 0.15) is 25.1 Å². The van der Waals surface area contributed by atoms with Crippen LogP contribution in [0.2, 0.25) is 0 Å². The number of nitrogens with zero attached hydrogens (tertiary/aromatic N) is 2. The Morgan fingerprint density at radius 3 is 2.20 bits per heavy atom. The van der Waals surface area contributed by atoms with Gasteiger partial charge in [0.05, 0.1) is 5.56 Å². The van der Waals surface area contributed by atoms with Crippen LogP contribution in [-0.2, 0) is 13.2 Å². The number of hydrogen-bond acceptors (Lipinski definition) is 1. The van der Waals surface area contributed by atoms with E-state index in [1.165, 1.54) is 19.2 Å². The minimum absolute atomic E-state index is 0.0418. The van der Waals surface area contributed by atoms with Crippen LogP contribution >= 0.6 is 0 Å². The summed E-state index contributed by atoms with van der Waals surface area (Å²) in [6.07, 6.45) is -3.69. The first-order chi connectivity index (χ1) is 9.29. The third-order valence-electron chi connectivity index (χ3n) is 2.53. The Hall–Kier alpha value is -1.85. The summed E-state index contributed by atoms with van der Waals surface area (Å²) in [5.41, 5.74) is -0.278. The van der Waals surface area contributed by atoms with Crippen LogP contribution in [0, 0.1) is 12.7 Å². The van der Waals surface area contributed by atoms with Crippen molar-refractivity contribution in [2.75, 3.05) is 0 Å². The zero-order chi connectivity index (χ0) is 15.5. The maximum Gasteiger partial charge on any atom is 0.434 e. The fourth-order valence-electron chi connectivity index (χ4n) is 1.65. The fraction of sp³-hybridized carbons (Fsp3) is 0.357. The maximum atomic E-state index is 13.7. The van der Waals surface area contributed by atoms with Crippen LogP contribution in [0.25, 0.3) is 11.4 Å². The van der Waals surface area contributed by atoms with Crippen molar-refractivity contribution in [3.8, 4) is 11.4 Å². The van der Waals surface area contributed by atoms with Gasteiger partial charge in [0.2, 0.25) is 0 Å². The molecule has 0 radical (unpaired) electrons. The smallest absolute Gasteiger partial charge is 0.333 e. The largest absolute Gasteiger partial charge is 0.434 e. The molecule has 2 aromatic rings. The van der Waals surface area contributed by atoms with Gasteiger partial charge >= 0.3 is 6.18 Å². The van der Waals surface area contributed by atoms with Crippen LogP contribution in [-0.4, -0.2) is 9.55 Å². The monoisotopic (exact) mass is 288 g/mol. The normalized spacial score (nSPS) is 11.0. The molecule has 110 valence electrons. The molecule has 20 heavy (non-hydrogen) atoms. The molecule has 0 aliphatic carbocycles. The maximum absolute atomic E-state index is 13.7. The van der Waals surface area contributed by atoms with Gasteiger partial charge in [-0.15, -0.1) is 0 Å². The molecule has 0 fully saturated rings. The molecule has 0 aliphatic rings. The Morgan fingerprint density at radius 2 is 1.75 bits per heavy atom. The molecule has 0 saturated heterocycles. The molecule has 1 aromatic heterocycles. The van der Waals surface area contributed by atoms with Gasteiger partial charge in [0.1, 0.15) is 11.6 Å². The average Bonchev–Trinajstić information content (AvgIpc) is 2.74. The van der Waals surface area contributed by atoms with Gasteiger partial charge in [-0.25, -0.2) is 9.37 Å². The van der Waals surface area contributed by atoms with Gasteiger partial charge < -0.3 is 4.57 Å². The number of imidazole rings is 1. The minimum atomic E-state index is -4.53. The van der Waals surface area contributed by atoms with E-state index in [4.69, 9.17) is 0 Å². The average molecular weight is 288 g/mol. The summed E-state index contributed by atoms with van der Waals surface area (Å²) in [6.45, 7) is 5.70. The van der Waals surface area contributed by atoms with E-state index < -0.39 is 17.7 Å². The van der Waals surface area contributed by atoms with E-state index in [2.05, 4.69) is 4.98 Å². The van der Waals surface area contributed by atoms with Crippen molar-refractivity contribution in [1.82, 2.24) is 9.55 Å². The van der Waals surface area contributed by atoms with Crippen molar-refractivity contribution < 1.29 is 17.6 Å². The van der Waals surface area contributed by atoms with Crippen LogP contribution in [0.3, 0.4) is 0 Å². The fourth-order valence-corrected chi connectivity index (χ4v) is 1.65. The first kappa shape index (κ1) is 16.2. The lowest BCUT2D eigenvalue weighted by molar-refractivity contribution is -0.140. The van der Waals surface area contributed by atoms with E-state index in [1.807, 2.05) is 13.8 Å². The third kappa shape index (κ3) is 3.37. The first-order valence-corrected chi connectivity index (χ1v) is 6.16. The number of aromatic nitrogens is 2. The van der Waals surface area contributed by atoms with Crippen molar-refractivity contribution in [1.29, 1.82) is 0 Å². The van der Waals surface area contributed by atoms with Gasteiger partial charge in [0, 0.05) is 13.2 Å². The summed E-state index contributed by atoms with van der Waals surface area (Å²) < 4.78 is 52.3. The van der Waals surface area contributed by atoms with Gasteiger partial charge in [-0.3, -0.25) is 0 Å². The number of aryl methyl sites for hydroxylation is 2. The number of hydrogen-bond donors (Lipinski definition) is 0. The van der Waals surface area contributed by atoms with Gasteiger partial charge in [0.15, 0.2) is 5.69 Å². The van der Waals surface area contributed by atoms with Gasteiger partial charge in [-0.1, -0.05) is 19.9 Å². The van der Waals surface area contributed by atoms with Crippen LogP contribution in [0.15, 0.2) is 24.4 Å². The molecule has 2 nitrogen and oxygen atoms in total. The molecular weight excluding hydrogens is 272 g/mol.